The Bertz CT molecular complexity index is 660. The van der Waals surface area contributed by atoms with E-state index in [9.17, 15) is 0 Å². The number of hydrazone groups is 1. The van der Waals surface area contributed by atoms with E-state index in [0.717, 1.165) is 49.8 Å². The minimum atomic E-state index is 0.923. The first-order valence-electron chi connectivity index (χ1n) is 8.77. The van der Waals surface area contributed by atoms with Gasteiger partial charge in [0.25, 0.3) is 0 Å². The van der Waals surface area contributed by atoms with Gasteiger partial charge in [-0.2, -0.15) is 5.10 Å². The lowest BCUT2D eigenvalue weighted by atomic mass is 10.2. The van der Waals surface area contributed by atoms with Gasteiger partial charge in [0.05, 0.1) is 5.69 Å². The summed E-state index contributed by atoms with van der Waals surface area (Å²) >= 11 is 0. The van der Waals surface area contributed by atoms with Crippen LogP contribution in [0.5, 0.6) is 0 Å². The van der Waals surface area contributed by atoms with Crippen LogP contribution in [0.25, 0.3) is 0 Å². The predicted molar refractivity (Wildman–Crippen MR) is 103 cm³/mol. The van der Waals surface area contributed by atoms with E-state index in [1.165, 1.54) is 5.56 Å². The molecule has 1 aliphatic heterocycles. The molecule has 1 heterocycles. The minimum absolute atomic E-state index is 0.923. The summed E-state index contributed by atoms with van der Waals surface area (Å²) < 4.78 is 0. The van der Waals surface area contributed by atoms with Gasteiger partial charge in [0.1, 0.15) is 5.84 Å². The summed E-state index contributed by atoms with van der Waals surface area (Å²) in [6.07, 6.45) is 0.941. The van der Waals surface area contributed by atoms with Crippen molar-refractivity contribution in [3.8, 4) is 0 Å². The van der Waals surface area contributed by atoms with Crippen molar-refractivity contribution < 1.29 is 0 Å². The van der Waals surface area contributed by atoms with Crippen LogP contribution < -0.4 is 10.3 Å². The number of hydrogen-bond donors (Lipinski definition) is 1. The Labute approximate surface area is 144 Å². The molecule has 3 rings (SSSR count). The van der Waals surface area contributed by atoms with E-state index < -0.39 is 0 Å². The Balaban J connectivity index is 1.60. The van der Waals surface area contributed by atoms with Crippen LogP contribution in [0.15, 0.2) is 59.7 Å². The van der Waals surface area contributed by atoms with Crippen molar-refractivity contribution in [2.45, 2.75) is 26.8 Å². The zero-order valence-corrected chi connectivity index (χ0v) is 14.6. The Kier molecular flexibility index (Phi) is 5.49. The average molecular weight is 322 g/mol. The van der Waals surface area contributed by atoms with Gasteiger partial charge in [0.15, 0.2) is 0 Å². The third kappa shape index (κ3) is 4.15. The molecule has 0 fully saturated rings. The highest BCUT2D eigenvalue weighted by atomic mass is 15.5. The lowest BCUT2D eigenvalue weighted by Crippen LogP contribution is -2.22. The molecule has 1 N–H and O–H groups in total. The van der Waals surface area contributed by atoms with E-state index in [1.54, 1.807) is 0 Å². The van der Waals surface area contributed by atoms with Gasteiger partial charge in [-0.1, -0.05) is 44.2 Å². The number of benzene rings is 2. The van der Waals surface area contributed by atoms with Gasteiger partial charge in [-0.15, -0.1) is 0 Å². The molecule has 0 aromatic heterocycles. The number of anilines is 2. The second kappa shape index (κ2) is 7.97. The molecular formula is C20H26N4. The number of rotatable bonds is 6. The molecule has 0 radical (unpaired) electrons. The quantitative estimate of drug-likeness (QED) is 0.866. The van der Waals surface area contributed by atoms with Crippen LogP contribution in [0.3, 0.4) is 0 Å². The SMILES string of the molecule is CCN(CC)Cc1ccc(NC2=NN(c3ccccc3)CC2)cc1. The Hall–Kier alpha value is -2.33. The second-order valence-electron chi connectivity index (χ2n) is 6.04. The molecule has 126 valence electrons. The molecule has 0 bridgehead atoms. The van der Waals surface area contributed by atoms with Gasteiger partial charge in [0, 0.05) is 25.2 Å². The largest absolute Gasteiger partial charge is 0.342 e. The van der Waals surface area contributed by atoms with Crippen LogP contribution in [0.2, 0.25) is 0 Å². The van der Waals surface area contributed by atoms with Crippen molar-refractivity contribution in [1.82, 2.24) is 4.90 Å². The summed E-state index contributed by atoms with van der Waals surface area (Å²) in [5, 5.41) is 10.2. The van der Waals surface area contributed by atoms with Crippen LogP contribution in [-0.2, 0) is 6.54 Å². The molecule has 0 unspecified atom stereocenters. The maximum atomic E-state index is 4.68. The maximum Gasteiger partial charge on any atom is 0.129 e. The topological polar surface area (TPSA) is 30.9 Å². The molecule has 0 atom stereocenters. The maximum absolute atomic E-state index is 4.68. The molecule has 0 aliphatic carbocycles. The highest BCUT2D eigenvalue weighted by Crippen LogP contribution is 2.20. The number of hydrogen-bond acceptors (Lipinski definition) is 4. The molecule has 2 aromatic rings. The van der Waals surface area contributed by atoms with Crippen molar-refractivity contribution in [3.63, 3.8) is 0 Å². The highest BCUT2D eigenvalue weighted by Gasteiger charge is 2.15. The summed E-state index contributed by atoms with van der Waals surface area (Å²) in [5.74, 6) is 1.02. The first-order valence-corrected chi connectivity index (χ1v) is 8.77. The minimum Gasteiger partial charge on any atom is -0.342 e. The fraction of sp³-hybridized carbons (Fsp3) is 0.350. The normalized spacial score (nSPS) is 14.1. The summed E-state index contributed by atoms with van der Waals surface area (Å²) in [6, 6.07) is 19.0. The fourth-order valence-corrected chi connectivity index (χ4v) is 2.90. The van der Waals surface area contributed by atoms with E-state index in [4.69, 9.17) is 0 Å². The summed E-state index contributed by atoms with van der Waals surface area (Å²) in [7, 11) is 0. The molecule has 4 heteroatoms. The smallest absolute Gasteiger partial charge is 0.129 e. The molecule has 0 saturated carbocycles. The van der Waals surface area contributed by atoms with E-state index in [-0.39, 0.29) is 0 Å². The number of amidine groups is 1. The zero-order chi connectivity index (χ0) is 16.8. The van der Waals surface area contributed by atoms with E-state index in [2.05, 4.69) is 70.6 Å². The van der Waals surface area contributed by atoms with Crippen LogP contribution in [-0.4, -0.2) is 30.4 Å². The predicted octanol–water partition coefficient (Wildman–Crippen LogP) is 4.16. The second-order valence-corrected chi connectivity index (χ2v) is 6.04. The summed E-state index contributed by atoms with van der Waals surface area (Å²) in [6.45, 7) is 8.51. The van der Waals surface area contributed by atoms with Crippen molar-refractivity contribution in [2.24, 2.45) is 5.10 Å². The number of para-hydroxylation sites is 1. The first-order chi connectivity index (χ1) is 11.8. The summed E-state index contributed by atoms with van der Waals surface area (Å²) in [4.78, 5) is 2.42. The number of nitrogens with zero attached hydrogens (tertiary/aromatic N) is 3. The average Bonchev–Trinajstić information content (AvgIpc) is 3.10. The van der Waals surface area contributed by atoms with Crippen molar-refractivity contribution in [1.29, 1.82) is 0 Å². The standard InChI is InChI=1S/C20H26N4/c1-3-23(4-2)16-17-10-12-18(13-11-17)21-20-14-15-24(22-20)19-8-6-5-7-9-19/h5-13H,3-4,14-16H2,1-2H3,(H,21,22). The van der Waals surface area contributed by atoms with E-state index in [0.29, 0.717) is 0 Å². The van der Waals surface area contributed by atoms with Crippen LogP contribution in [0.4, 0.5) is 11.4 Å². The Morgan fingerprint density at radius 2 is 1.71 bits per heavy atom. The molecule has 0 amide bonds. The third-order valence-corrected chi connectivity index (χ3v) is 4.40. The molecular weight excluding hydrogens is 296 g/mol. The molecule has 4 nitrogen and oxygen atoms in total. The molecule has 2 aromatic carbocycles. The molecule has 1 aliphatic rings. The van der Waals surface area contributed by atoms with Crippen LogP contribution >= 0.6 is 0 Å². The molecule has 0 saturated heterocycles. The third-order valence-electron chi connectivity index (χ3n) is 4.40. The van der Waals surface area contributed by atoms with Crippen LogP contribution in [0, 0.1) is 0 Å². The van der Waals surface area contributed by atoms with Gasteiger partial charge >= 0.3 is 0 Å². The van der Waals surface area contributed by atoms with E-state index >= 15 is 0 Å². The zero-order valence-electron chi connectivity index (χ0n) is 14.6. The monoisotopic (exact) mass is 322 g/mol. The van der Waals surface area contributed by atoms with Crippen molar-refractivity contribution >= 4 is 17.2 Å². The molecule has 24 heavy (non-hydrogen) atoms. The Morgan fingerprint density at radius 3 is 2.38 bits per heavy atom. The van der Waals surface area contributed by atoms with Gasteiger partial charge in [0.2, 0.25) is 0 Å². The highest BCUT2D eigenvalue weighted by molar-refractivity contribution is 5.97. The number of nitrogens with one attached hydrogen (secondary N) is 1. The van der Waals surface area contributed by atoms with Crippen molar-refractivity contribution in [3.05, 3.63) is 60.2 Å². The summed E-state index contributed by atoms with van der Waals surface area (Å²) in [5.41, 5.74) is 3.60. The first kappa shape index (κ1) is 16.5. The van der Waals surface area contributed by atoms with Crippen molar-refractivity contribution in [2.75, 3.05) is 30.0 Å². The molecule has 0 spiro atoms. The van der Waals surface area contributed by atoms with Gasteiger partial charge in [-0.3, -0.25) is 9.91 Å². The van der Waals surface area contributed by atoms with Crippen LogP contribution in [0.1, 0.15) is 25.8 Å². The Morgan fingerprint density at radius 1 is 1.00 bits per heavy atom. The lowest BCUT2D eigenvalue weighted by molar-refractivity contribution is 0.296. The van der Waals surface area contributed by atoms with Gasteiger partial charge in [-0.05, 0) is 42.9 Å². The fourth-order valence-electron chi connectivity index (χ4n) is 2.90. The van der Waals surface area contributed by atoms with E-state index in [1.807, 2.05) is 18.2 Å². The van der Waals surface area contributed by atoms with Gasteiger partial charge in [-0.25, -0.2) is 0 Å². The lowest BCUT2D eigenvalue weighted by Gasteiger charge is -2.18. The van der Waals surface area contributed by atoms with Gasteiger partial charge < -0.3 is 5.32 Å².